The minimum atomic E-state index is -0.571. The Kier molecular flexibility index (Phi) is 3.23. The van der Waals surface area contributed by atoms with Crippen molar-refractivity contribution in [3.8, 4) is 5.75 Å². The van der Waals surface area contributed by atoms with Crippen molar-refractivity contribution in [2.24, 2.45) is 0 Å². The Morgan fingerprint density at radius 1 is 1.41 bits per heavy atom. The second-order valence-corrected chi connectivity index (χ2v) is 3.58. The largest absolute Gasteiger partial charge is 0.497 e. The van der Waals surface area contributed by atoms with E-state index in [2.05, 4.69) is 0 Å². The Labute approximate surface area is 97.8 Å². The van der Waals surface area contributed by atoms with Crippen LogP contribution in [0.25, 0.3) is 0 Å². The smallest absolute Gasteiger partial charge is 0.170 e. The average molecular weight is 234 g/mol. The number of hydrogen-bond acceptors (Lipinski definition) is 3. The number of benzene rings is 1. The van der Waals surface area contributed by atoms with E-state index in [0.29, 0.717) is 5.75 Å². The zero-order valence-electron chi connectivity index (χ0n) is 9.27. The van der Waals surface area contributed by atoms with E-state index >= 15 is 0 Å². The third kappa shape index (κ3) is 2.53. The number of ketones is 1. The van der Waals surface area contributed by atoms with Crippen LogP contribution in [0.3, 0.4) is 0 Å². The molecule has 2 aromatic rings. The lowest BCUT2D eigenvalue weighted by molar-refractivity contribution is 0.0989. The molecule has 0 N–H and O–H groups in total. The van der Waals surface area contributed by atoms with Gasteiger partial charge in [0.05, 0.1) is 25.2 Å². The number of Topliss-reactive ketones (excluding diaryl/α,β-unsaturated/α-hetero) is 1. The number of hydrogen-bond donors (Lipinski definition) is 0. The van der Waals surface area contributed by atoms with Crippen molar-refractivity contribution in [1.82, 2.24) is 0 Å². The van der Waals surface area contributed by atoms with E-state index in [1.54, 1.807) is 12.1 Å². The number of ether oxygens (including phenoxy) is 1. The molecule has 0 aliphatic heterocycles. The first kappa shape index (κ1) is 11.4. The normalized spacial score (nSPS) is 10.2. The van der Waals surface area contributed by atoms with Crippen molar-refractivity contribution in [1.29, 1.82) is 0 Å². The van der Waals surface area contributed by atoms with Crippen molar-refractivity contribution in [2.75, 3.05) is 7.11 Å². The predicted octanol–water partition coefficient (Wildman–Crippen LogP) is 2.85. The van der Waals surface area contributed by atoms with Gasteiger partial charge in [-0.3, -0.25) is 4.79 Å². The molecule has 17 heavy (non-hydrogen) atoms. The zero-order valence-corrected chi connectivity index (χ0v) is 9.27. The number of carbonyl (C=O) groups is 1. The highest BCUT2D eigenvalue weighted by atomic mass is 19.1. The SMILES string of the molecule is COc1ccc(C(=O)Cc2ccoc2)c(F)c1. The fourth-order valence-electron chi connectivity index (χ4n) is 1.52. The molecular formula is C13H11FO3. The van der Waals surface area contributed by atoms with Crippen LogP contribution >= 0.6 is 0 Å². The van der Waals surface area contributed by atoms with E-state index in [0.717, 1.165) is 5.56 Å². The molecule has 88 valence electrons. The Morgan fingerprint density at radius 3 is 2.82 bits per heavy atom. The first-order valence-electron chi connectivity index (χ1n) is 5.08. The van der Waals surface area contributed by atoms with Gasteiger partial charge in [-0.25, -0.2) is 4.39 Å². The van der Waals surface area contributed by atoms with Crippen LogP contribution in [-0.4, -0.2) is 12.9 Å². The van der Waals surface area contributed by atoms with Crippen molar-refractivity contribution in [3.63, 3.8) is 0 Å². The molecule has 0 unspecified atom stereocenters. The maximum atomic E-state index is 13.6. The minimum Gasteiger partial charge on any atom is -0.497 e. The first-order valence-corrected chi connectivity index (χ1v) is 5.08. The van der Waals surface area contributed by atoms with Gasteiger partial charge in [0.15, 0.2) is 5.78 Å². The number of furan rings is 1. The van der Waals surface area contributed by atoms with E-state index in [4.69, 9.17) is 9.15 Å². The summed E-state index contributed by atoms with van der Waals surface area (Å²) in [6.45, 7) is 0. The highest BCUT2D eigenvalue weighted by molar-refractivity contribution is 5.97. The topological polar surface area (TPSA) is 39.4 Å². The van der Waals surface area contributed by atoms with Crippen molar-refractivity contribution in [3.05, 3.63) is 53.7 Å². The van der Waals surface area contributed by atoms with Gasteiger partial charge >= 0.3 is 0 Å². The Bertz CT molecular complexity index is 517. The second-order valence-electron chi connectivity index (χ2n) is 3.58. The van der Waals surface area contributed by atoms with Crippen LogP contribution in [0, 0.1) is 5.82 Å². The van der Waals surface area contributed by atoms with Crippen LogP contribution in [0.5, 0.6) is 5.75 Å². The minimum absolute atomic E-state index is 0.0620. The van der Waals surface area contributed by atoms with Gasteiger partial charge in [0.1, 0.15) is 11.6 Å². The van der Waals surface area contributed by atoms with Crippen LogP contribution in [0.15, 0.2) is 41.2 Å². The lowest BCUT2D eigenvalue weighted by Gasteiger charge is -2.04. The Hall–Kier alpha value is -2.10. The third-order valence-electron chi connectivity index (χ3n) is 2.42. The molecule has 0 atom stereocenters. The van der Waals surface area contributed by atoms with E-state index in [1.807, 2.05) is 0 Å². The van der Waals surface area contributed by atoms with Crippen molar-refractivity contribution in [2.45, 2.75) is 6.42 Å². The van der Waals surface area contributed by atoms with E-state index in [9.17, 15) is 9.18 Å². The molecule has 4 heteroatoms. The van der Waals surface area contributed by atoms with Gasteiger partial charge in [0, 0.05) is 12.5 Å². The van der Waals surface area contributed by atoms with Gasteiger partial charge in [-0.2, -0.15) is 0 Å². The molecule has 0 aliphatic rings. The van der Waals surface area contributed by atoms with Crippen molar-refractivity contribution >= 4 is 5.78 Å². The molecule has 1 aromatic carbocycles. The lowest BCUT2D eigenvalue weighted by atomic mass is 10.0. The molecule has 0 saturated carbocycles. The van der Waals surface area contributed by atoms with Crippen LogP contribution in [0.2, 0.25) is 0 Å². The molecule has 0 fully saturated rings. The molecule has 3 nitrogen and oxygen atoms in total. The van der Waals surface area contributed by atoms with Gasteiger partial charge in [0.25, 0.3) is 0 Å². The fourth-order valence-corrected chi connectivity index (χ4v) is 1.52. The maximum absolute atomic E-state index is 13.6. The summed E-state index contributed by atoms with van der Waals surface area (Å²) in [6.07, 6.45) is 3.08. The quantitative estimate of drug-likeness (QED) is 0.763. The summed E-state index contributed by atoms with van der Waals surface area (Å²) >= 11 is 0. The highest BCUT2D eigenvalue weighted by Gasteiger charge is 2.13. The van der Waals surface area contributed by atoms with E-state index < -0.39 is 5.82 Å². The molecule has 1 heterocycles. The molecule has 0 radical (unpaired) electrons. The summed E-state index contributed by atoms with van der Waals surface area (Å²) in [6, 6.07) is 5.87. The highest BCUT2D eigenvalue weighted by Crippen LogP contribution is 2.18. The van der Waals surface area contributed by atoms with Crippen LogP contribution in [-0.2, 0) is 6.42 Å². The predicted molar refractivity (Wildman–Crippen MR) is 59.7 cm³/mol. The Balaban J connectivity index is 2.19. The van der Waals surface area contributed by atoms with E-state index in [-0.39, 0.29) is 17.8 Å². The van der Waals surface area contributed by atoms with E-state index in [1.165, 1.54) is 31.8 Å². The summed E-state index contributed by atoms with van der Waals surface area (Å²) in [5.41, 5.74) is 0.789. The lowest BCUT2D eigenvalue weighted by Crippen LogP contribution is -2.05. The number of methoxy groups -OCH3 is 1. The van der Waals surface area contributed by atoms with Gasteiger partial charge in [-0.05, 0) is 23.8 Å². The summed E-state index contributed by atoms with van der Waals surface area (Å²) < 4.78 is 23.3. The summed E-state index contributed by atoms with van der Waals surface area (Å²) in [7, 11) is 1.45. The Morgan fingerprint density at radius 2 is 2.24 bits per heavy atom. The standard InChI is InChI=1S/C13H11FO3/c1-16-10-2-3-11(12(14)7-10)13(15)6-9-4-5-17-8-9/h2-5,7-8H,6H2,1H3. The fraction of sp³-hybridized carbons (Fsp3) is 0.154. The van der Waals surface area contributed by atoms with Crippen LogP contribution in [0.4, 0.5) is 4.39 Å². The van der Waals surface area contributed by atoms with Crippen molar-refractivity contribution < 1.29 is 18.3 Å². The monoisotopic (exact) mass is 234 g/mol. The summed E-state index contributed by atoms with van der Waals surface area (Å²) in [5.74, 6) is -0.466. The number of carbonyl (C=O) groups excluding carboxylic acids is 1. The molecule has 0 bridgehead atoms. The second kappa shape index (κ2) is 4.82. The van der Waals surface area contributed by atoms with Gasteiger partial charge in [-0.1, -0.05) is 0 Å². The van der Waals surface area contributed by atoms with Crippen LogP contribution in [0.1, 0.15) is 15.9 Å². The zero-order chi connectivity index (χ0) is 12.3. The number of rotatable bonds is 4. The van der Waals surface area contributed by atoms with Crippen LogP contribution < -0.4 is 4.74 Å². The van der Waals surface area contributed by atoms with Gasteiger partial charge in [-0.15, -0.1) is 0 Å². The first-order chi connectivity index (χ1) is 8.20. The molecular weight excluding hydrogens is 223 g/mol. The summed E-state index contributed by atoms with van der Waals surface area (Å²) in [4.78, 5) is 11.8. The number of halogens is 1. The molecule has 0 spiro atoms. The van der Waals surface area contributed by atoms with Gasteiger partial charge in [0.2, 0.25) is 0 Å². The summed E-state index contributed by atoms with van der Waals surface area (Å²) in [5, 5.41) is 0. The van der Waals surface area contributed by atoms with Gasteiger partial charge < -0.3 is 9.15 Å². The third-order valence-corrected chi connectivity index (χ3v) is 2.42. The molecule has 0 aliphatic carbocycles. The average Bonchev–Trinajstić information content (AvgIpc) is 2.81. The molecule has 1 aromatic heterocycles. The molecule has 2 rings (SSSR count). The molecule has 0 amide bonds. The molecule has 0 saturated heterocycles. The maximum Gasteiger partial charge on any atom is 0.170 e.